The van der Waals surface area contributed by atoms with Gasteiger partial charge in [-0.3, -0.25) is 14.8 Å². The van der Waals surface area contributed by atoms with Gasteiger partial charge in [-0.15, -0.1) is 0 Å². The number of carbonyl (C=O) groups excluding carboxylic acids is 1. The Morgan fingerprint density at radius 3 is 2.39 bits per heavy atom. The van der Waals surface area contributed by atoms with Crippen molar-refractivity contribution in [1.29, 1.82) is 0 Å². The number of urea groups is 1. The molecule has 0 bridgehead atoms. The van der Waals surface area contributed by atoms with Gasteiger partial charge in [0.15, 0.2) is 5.82 Å². The first-order valence-corrected chi connectivity index (χ1v) is 15.3. The van der Waals surface area contributed by atoms with Crippen LogP contribution in [0.15, 0.2) is 79.1 Å². The number of anilines is 2. The van der Waals surface area contributed by atoms with Crippen LogP contribution < -0.4 is 10.6 Å². The number of rotatable bonds is 8. The third-order valence-electron chi connectivity index (χ3n) is 8.76. The van der Waals surface area contributed by atoms with Crippen molar-refractivity contribution >= 4 is 28.4 Å². The van der Waals surface area contributed by atoms with Crippen LogP contribution in [0, 0.1) is 0 Å². The fourth-order valence-corrected chi connectivity index (χ4v) is 6.41. The monoisotopic (exact) mass is 592 g/mol. The SMILES string of the molecule is CC(C)(F)Cn1nc(NC(c2ccccc2)c2ccccc2)c2cnc(-c3[nH]ncc3NC(=O)N3CCCCC34CC4)cc21. The van der Waals surface area contributed by atoms with Crippen molar-refractivity contribution in [2.75, 3.05) is 17.2 Å². The molecular formula is C34H37FN8O. The highest BCUT2D eigenvalue weighted by atomic mass is 19.1. The largest absolute Gasteiger partial charge is 0.357 e. The van der Waals surface area contributed by atoms with Crippen LogP contribution in [0.5, 0.6) is 0 Å². The predicted octanol–water partition coefficient (Wildman–Crippen LogP) is 7.32. The van der Waals surface area contributed by atoms with E-state index in [2.05, 4.69) is 45.1 Å². The highest BCUT2D eigenvalue weighted by molar-refractivity contribution is 5.96. The number of pyridine rings is 1. The molecule has 2 amide bonds. The fourth-order valence-electron chi connectivity index (χ4n) is 6.41. The molecule has 44 heavy (non-hydrogen) atoms. The van der Waals surface area contributed by atoms with Crippen LogP contribution in [-0.4, -0.2) is 53.6 Å². The smallest absolute Gasteiger partial charge is 0.322 e. The quantitative estimate of drug-likeness (QED) is 0.175. The predicted molar refractivity (Wildman–Crippen MR) is 170 cm³/mol. The molecule has 1 aliphatic heterocycles. The summed E-state index contributed by atoms with van der Waals surface area (Å²) in [6, 6.07) is 21.9. The molecule has 0 atom stereocenters. The van der Waals surface area contributed by atoms with Crippen LogP contribution in [0.4, 0.5) is 20.7 Å². The second kappa shape index (κ2) is 11.1. The van der Waals surface area contributed by atoms with Crippen molar-refractivity contribution in [3.63, 3.8) is 0 Å². The van der Waals surface area contributed by atoms with E-state index in [0.29, 0.717) is 22.9 Å². The summed E-state index contributed by atoms with van der Waals surface area (Å²) in [7, 11) is 0. The number of benzene rings is 2. The summed E-state index contributed by atoms with van der Waals surface area (Å²) in [6.07, 6.45) is 8.76. The number of halogens is 1. The van der Waals surface area contributed by atoms with Gasteiger partial charge in [0.1, 0.15) is 11.4 Å². The van der Waals surface area contributed by atoms with Gasteiger partial charge in [-0.05, 0) is 63.1 Å². The number of nitrogens with one attached hydrogen (secondary N) is 3. The van der Waals surface area contributed by atoms with Crippen molar-refractivity contribution in [3.05, 3.63) is 90.3 Å². The number of amides is 2. The Morgan fingerprint density at radius 2 is 1.73 bits per heavy atom. The molecule has 0 unspecified atom stereocenters. The number of nitrogens with zero attached hydrogens (tertiary/aromatic N) is 5. The number of hydrogen-bond acceptors (Lipinski definition) is 5. The molecule has 5 aromatic rings. The third kappa shape index (κ3) is 5.52. The summed E-state index contributed by atoms with van der Waals surface area (Å²) < 4.78 is 16.8. The second-order valence-corrected chi connectivity index (χ2v) is 12.6. The average Bonchev–Trinajstić information content (AvgIpc) is 3.48. The second-order valence-electron chi connectivity index (χ2n) is 12.6. The molecule has 1 aliphatic carbocycles. The van der Waals surface area contributed by atoms with Gasteiger partial charge in [-0.25, -0.2) is 9.18 Å². The molecule has 3 aromatic heterocycles. The van der Waals surface area contributed by atoms with E-state index in [0.717, 1.165) is 54.3 Å². The van der Waals surface area contributed by atoms with Gasteiger partial charge in [0.25, 0.3) is 0 Å². The van der Waals surface area contributed by atoms with Crippen LogP contribution >= 0.6 is 0 Å². The lowest BCUT2D eigenvalue weighted by atomic mass is 9.98. The number of H-pyrrole nitrogens is 1. The summed E-state index contributed by atoms with van der Waals surface area (Å²) in [5, 5.41) is 19.6. The zero-order valence-corrected chi connectivity index (χ0v) is 25.1. The first kappa shape index (κ1) is 28.1. The summed E-state index contributed by atoms with van der Waals surface area (Å²) in [5.41, 5.74) is 3.14. The average molecular weight is 593 g/mol. The molecule has 1 saturated carbocycles. The van der Waals surface area contributed by atoms with Crippen molar-refractivity contribution in [1.82, 2.24) is 29.9 Å². The number of alkyl halides is 1. The van der Waals surface area contributed by atoms with Crippen LogP contribution in [0.2, 0.25) is 0 Å². The molecule has 10 heteroatoms. The third-order valence-corrected chi connectivity index (χ3v) is 8.76. The van der Waals surface area contributed by atoms with Gasteiger partial charge in [-0.2, -0.15) is 10.2 Å². The maximum absolute atomic E-state index is 15.1. The Morgan fingerprint density at radius 1 is 1.02 bits per heavy atom. The highest BCUT2D eigenvalue weighted by Gasteiger charge is 2.51. The summed E-state index contributed by atoms with van der Waals surface area (Å²) in [5.74, 6) is 0.610. The summed E-state index contributed by atoms with van der Waals surface area (Å²) >= 11 is 0. The molecule has 226 valence electrons. The molecule has 0 radical (unpaired) electrons. The molecule has 7 rings (SSSR count). The van der Waals surface area contributed by atoms with Crippen molar-refractivity contribution in [3.8, 4) is 11.4 Å². The maximum atomic E-state index is 15.1. The number of fused-ring (bicyclic) bond motifs is 1. The minimum absolute atomic E-state index is 0.0236. The van der Waals surface area contributed by atoms with Crippen LogP contribution in [-0.2, 0) is 6.54 Å². The van der Waals surface area contributed by atoms with Crippen molar-refractivity contribution < 1.29 is 9.18 Å². The molecule has 4 heterocycles. The Kier molecular flexibility index (Phi) is 7.07. The first-order valence-electron chi connectivity index (χ1n) is 15.3. The van der Waals surface area contributed by atoms with E-state index < -0.39 is 5.67 Å². The number of aromatic nitrogens is 5. The molecule has 1 saturated heterocycles. The molecule has 2 fully saturated rings. The molecular weight excluding hydrogens is 555 g/mol. The molecule has 1 spiro atoms. The van der Waals surface area contributed by atoms with Gasteiger partial charge in [0.2, 0.25) is 0 Å². The Labute approximate surface area is 255 Å². The fraction of sp³-hybridized carbons (Fsp3) is 0.353. The number of aromatic amines is 1. The first-order chi connectivity index (χ1) is 21.3. The highest BCUT2D eigenvalue weighted by Crippen LogP contribution is 2.48. The van der Waals surface area contributed by atoms with Crippen LogP contribution in [0.1, 0.15) is 63.1 Å². The van der Waals surface area contributed by atoms with E-state index in [9.17, 15) is 4.79 Å². The lowest BCUT2D eigenvalue weighted by molar-refractivity contribution is 0.151. The van der Waals surface area contributed by atoms with Gasteiger partial charge in [-0.1, -0.05) is 60.7 Å². The normalized spacial score (nSPS) is 16.0. The summed E-state index contributed by atoms with van der Waals surface area (Å²) in [6.45, 7) is 3.91. The van der Waals surface area contributed by atoms with E-state index >= 15 is 4.39 Å². The lowest BCUT2D eigenvalue weighted by Gasteiger charge is -2.36. The molecule has 3 N–H and O–H groups in total. The molecule has 2 aromatic carbocycles. The maximum Gasteiger partial charge on any atom is 0.322 e. The zero-order chi connectivity index (χ0) is 30.3. The van der Waals surface area contributed by atoms with E-state index in [1.165, 1.54) is 6.42 Å². The number of hydrogen-bond donors (Lipinski definition) is 3. The van der Waals surface area contributed by atoms with E-state index in [1.807, 2.05) is 47.4 Å². The van der Waals surface area contributed by atoms with E-state index in [4.69, 9.17) is 10.1 Å². The van der Waals surface area contributed by atoms with Crippen molar-refractivity contribution in [2.45, 2.75) is 69.7 Å². The van der Waals surface area contributed by atoms with Crippen LogP contribution in [0.25, 0.3) is 22.3 Å². The lowest BCUT2D eigenvalue weighted by Crippen LogP contribution is -2.47. The Balaban J connectivity index is 1.24. The Hall–Kier alpha value is -4.73. The number of piperidine rings is 1. The van der Waals surface area contributed by atoms with Gasteiger partial charge >= 0.3 is 6.03 Å². The molecule has 9 nitrogen and oxygen atoms in total. The standard InChI is InChI=1S/C34H37FN8O/c1-33(2,35)22-43-28-19-26(30-27(21-37-40-30)38-32(44)42-18-10-9-15-34(42)16-17-34)36-20-25(28)31(41-43)39-29(23-11-5-3-6-12-23)24-13-7-4-8-14-24/h3-8,11-14,19-21,29H,9-10,15-18,22H2,1-2H3,(H,37,40)(H,38,44)(H,39,41). The van der Waals surface area contributed by atoms with Gasteiger partial charge in [0, 0.05) is 18.3 Å². The van der Waals surface area contributed by atoms with Gasteiger partial charge in [0.05, 0.1) is 41.1 Å². The molecule has 2 aliphatic rings. The zero-order valence-electron chi connectivity index (χ0n) is 25.1. The van der Waals surface area contributed by atoms with E-state index in [1.54, 1.807) is 30.9 Å². The van der Waals surface area contributed by atoms with Crippen molar-refractivity contribution in [2.24, 2.45) is 0 Å². The van der Waals surface area contributed by atoms with E-state index in [-0.39, 0.29) is 24.2 Å². The van der Waals surface area contributed by atoms with Gasteiger partial charge < -0.3 is 15.5 Å². The number of likely N-dealkylation sites (tertiary alicyclic amines) is 1. The summed E-state index contributed by atoms with van der Waals surface area (Å²) in [4.78, 5) is 20.1. The minimum atomic E-state index is -1.50. The number of carbonyl (C=O) groups is 1. The minimum Gasteiger partial charge on any atom is -0.357 e. The van der Waals surface area contributed by atoms with Crippen LogP contribution in [0.3, 0.4) is 0 Å². The Bertz CT molecular complexity index is 1730. The topological polar surface area (TPSA) is 104 Å².